The smallest absolute Gasteiger partial charge is 0.213 e. The van der Waals surface area contributed by atoms with Gasteiger partial charge in [-0.2, -0.15) is 5.10 Å². The number of hydroxylamine groups is 1. The van der Waals surface area contributed by atoms with Gasteiger partial charge < -0.3 is 5.73 Å². The van der Waals surface area contributed by atoms with Crippen molar-refractivity contribution in [2.75, 3.05) is 0 Å². The maximum absolute atomic E-state index is 8.36. The zero-order valence-corrected chi connectivity index (χ0v) is 7.65. The highest BCUT2D eigenvalue weighted by atomic mass is 16.5. The first kappa shape index (κ1) is 9.53. The van der Waals surface area contributed by atoms with E-state index in [1.54, 1.807) is 16.4 Å². The summed E-state index contributed by atoms with van der Waals surface area (Å²) in [6, 6.07) is 0. The zero-order chi connectivity index (χ0) is 9.84. The summed E-state index contributed by atoms with van der Waals surface area (Å²) in [5.41, 5.74) is 9.02. The minimum Gasteiger partial charge on any atom is -0.368 e. The molecule has 0 saturated carbocycles. The Labute approximate surface area is 76.0 Å². The third kappa shape index (κ3) is 2.19. The first-order valence-corrected chi connectivity index (χ1v) is 3.82. The Morgan fingerprint density at radius 2 is 2.54 bits per heavy atom. The molecule has 0 fully saturated rings. The fraction of sp³-hybridized carbons (Fsp3) is 0.429. The van der Waals surface area contributed by atoms with Crippen LogP contribution in [-0.4, -0.2) is 20.9 Å². The van der Waals surface area contributed by atoms with Crippen molar-refractivity contribution in [2.24, 2.45) is 17.8 Å². The molecule has 6 heteroatoms. The summed E-state index contributed by atoms with van der Waals surface area (Å²) in [5, 5.41) is 12.4. The van der Waals surface area contributed by atoms with Gasteiger partial charge in [-0.15, -0.1) is 0 Å². The van der Waals surface area contributed by atoms with Crippen molar-refractivity contribution < 1.29 is 5.21 Å². The van der Waals surface area contributed by atoms with Gasteiger partial charge in [0.2, 0.25) is 5.96 Å². The van der Waals surface area contributed by atoms with Crippen LogP contribution in [-0.2, 0) is 13.6 Å². The predicted molar refractivity (Wildman–Crippen MR) is 48.2 cm³/mol. The van der Waals surface area contributed by atoms with E-state index in [1.807, 2.05) is 14.0 Å². The molecule has 0 aliphatic heterocycles. The number of aromatic nitrogens is 2. The second kappa shape index (κ2) is 3.90. The van der Waals surface area contributed by atoms with Gasteiger partial charge in [-0.05, 0) is 6.92 Å². The third-order valence-corrected chi connectivity index (χ3v) is 1.87. The van der Waals surface area contributed by atoms with Crippen LogP contribution in [0.4, 0.5) is 0 Å². The number of rotatable bonds is 2. The number of nitrogens with zero attached hydrogens (tertiary/aromatic N) is 3. The SMILES string of the molecule is Cc1c(CN=C(N)NO)cnn1C. The summed E-state index contributed by atoms with van der Waals surface area (Å²) in [4.78, 5) is 3.87. The standard InChI is InChI=1S/C7H13N5O/c1-5-6(4-10-12(5)2)3-9-7(8)11-13/h4,13H,3H2,1-2H3,(H3,8,9,11). The summed E-state index contributed by atoms with van der Waals surface area (Å²) < 4.78 is 1.76. The lowest BCUT2D eigenvalue weighted by atomic mass is 10.3. The molecule has 0 spiro atoms. The molecule has 0 bridgehead atoms. The van der Waals surface area contributed by atoms with Crippen LogP contribution >= 0.6 is 0 Å². The molecule has 6 nitrogen and oxygen atoms in total. The molecule has 0 aromatic carbocycles. The highest BCUT2D eigenvalue weighted by Crippen LogP contribution is 2.06. The van der Waals surface area contributed by atoms with Gasteiger partial charge in [-0.1, -0.05) is 0 Å². The first-order chi connectivity index (χ1) is 6.15. The van der Waals surface area contributed by atoms with Gasteiger partial charge in [0.15, 0.2) is 0 Å². The number of nitrogens with two attached hydrogens (primary N) is 1. The van der Waals surface area contributed by atoms with Crippen molar-refractivity contribution in [1.29, 1.82) is 0 Å². The van der Waals surface area contributed by atoms with E-state index in [-0.39, 0.29) is 5.96 Å². The van der Waals surface area contributed by atoms with Crippen LogP contribution in [0.15, 0.2) is 11.2 Å². The van der Waals surface area contributed by atoms with Gasteiger partial charge in [0.1, 0.15) is 0 Å². The largest absolute Gasteiger partial charge is 0.368 e. The van der Waals surface area contributed by atoms with Gasteiger partial charge in [0.25, 0.3) is 0 Å². The maximum Gasteiger partial charge on any atom is 0.213 e. The van der Waals surface area contributed by atoms with Crippen LogP contribution in [0, 0.1) is 6.92 Å². The Bertz CT molecular complexity index is 317. The van der Waals surface area contributed by atoms with E-state index in [0.29, 0.717) is 6.54 Å². The van der Waals surface area contributed by atoms with Gasteiger partial charge in [0, 0.05) is 18.3 Å². The average molecular weight is 183 g/mol. The van der Waals surface area contributed by atoms with Crippen LogP contribution in [0.2, 0.25) is 0 Å². The second-order valence-electron chi connectivity index (χ2n) is 2.69. The van der Waals surface area contributed by atoms with E-state index in [1.165, 1.54) is 0 Å². The number of hydrogen-bond donors (Lipinski definition) is 3. The highest BCUT2D eigenvalue weighted by molar-refractivity contribution is 5.76. The van der Waals surface area contributed by atoms with Crippen molar-refractivity contribution in [2.45, 2.75) is 13.5 Å². The molecule has 72 valence electrons. The number of nitrogens with one attached hydrogen (secondary N) is 1. The molecule has 1 aromatic rings. The summed E-state index contributed by atoms with van der Waals surface area (Å²) in [5.74, 6) is 0.00301. The fourth-order valence-corrected chi connectivity index (χ4v) is 0.905. The fourth-order valence-electron chi connectivity index (χ4n) is 0.905. The van der Waals surface area contributed by atoms with Crippen molar-refractivity contribution in [3.8, 4) is 0 Å². The molecule has 0 amide bonds. The van der Waals surface area contributed by atoms with Gasteiger partial charge in [-0.25, -0.2) is 10.5 Å². The first-order valence-electron chi connectivity index (χ1n) is 3.82. The van der Waals surface area contributed by atoms with Gasteiger partial charge >= 0.3 is 0 Å². The minimum atomic E-state index is 0.00301. The molecule has 0 atom stereocenters. The van der Waals surface area contributed by atoms with Crippen molar-refractivity contribution in [1.82, 2.24) is 15.3 Å². The van der Waals surface area contributed by atoms with E-state index in [0.717, 1.165) is 11.3 Å². The molecule has 0 unspecified atom stereocenters. The molecule has 0 aliphatic carbocycles. The third-order valence-electron chi connectivity index (χ3n) is 1.87. The van der Waals surface area contributed by atoms with E-state index in [4.69, 9.17) is 10.9 Å². The average Bonchev–Trinajstić information content (AvgIpc) is 2.44. The lowest BCUT2D eigenvalue weighted by molar-refractivity contribution is 0.232. The Morgan fingerprint density at radius 1 is 1.85 bits per heavy atom. The number of guanidine groups is 1. The van der Waals surface area contributed by atoms with Crippen LogP contribution in [0.5, 0.6) is 0 Å². The Hall–Kier alpha value is -1.56. The molecule has 0 aliphatic rings. The van der Waals surface area contributed by atoms with Crippen LogP contribution in [0.1, 0.15) is 11.3 Å². The number of aryl methyl sites for hydroxylation is 1. The second-order valence-corrected chi connectivity index (χ2v) is 2.69. The van der Waals surface area contributed by atoms with E-state index < -0.39 is 0 Å². The molecule has 1 aromatic heterocycles. The molecule has 4 N–H and O–H groups in total. The highest BCUT2D eigenvalue weighted by Gasteiger charge is 2.01. The van der Waals surface area contributed by atoms with E-state index in [9.17, 15) is 0 Å². The lowest BCUT2D eigenvalue weighted by Gasteiger charge is -1.98. The number of aliphatic imine (C=N–C) groups is 1. The number of hydrogen-bond acceptors (Lipinski definition) is 3. The molecule has 0 radical (unpaired) electrons. The van der Waals surface area contributed by atoms with Crippen LogP contribution in [0.3, 0.4) is 0 Å². The predicted octanol–water partition coefficient (Wildman–Crippen LogP) is -0.478. The monoisotopic (exact) mass is 183 g/mol. The topological polar surface area (TPSA) is 88.5 Å². The Morgan fingerprint density at radius 3 is 3.00 bits per heavy atom. The zero-order valence-electron chi connectivity index (χ0n) is 7.65. The molecule has 0 saturated heterocycles. The summed E-state index contributed by atoms with van der Waals surface area (Å²) in [7, 11) is 1.86. The van der Waals surface area contributed by atoms with Crippen molar-refractivity contribution >= 4 is 5.96 Å². The molecule has 1 heterocycles. The minimum absolute atomic E-state index is 0.00301. The Kier molecular flexibility index (Phi) is 2.86. The molecular formula is C7H13N5O. The summed E-state index contributed by atoms with van der Waals surface area (Å²) in [6.45, 7) is 2.36. The lowest BCUT2D eigenvalue weighted by Crippen LogP contribution is -2.28. The molecular weight excluding hydrogens is 170 g/mol. The molecule has 13 heavy (non-hydrogen) atoms. The van der Waals surface area contributed by atoms with Crippen molar-refractivity contribution in [3.05, 3.63) is 17.5 Å². The maximum atomic E-state index is 8.36. The van der Waals surface area contributed by atoms with Crippen molar-refractivity contribution in [3.63, 3.8) is 0 Å². The van der Waals surface area contributed by atoms with Gasteiger partial charge in [-0.3, -0.25) is 9.89 Å². The summed E-state index contributed by atoms with van der Waals surface area (Å²) in [6.07, 6.45) is 1.73. The van der Waals surface area contributed by atoms with Crippen LogP contribution < -0.4 is 11.2 Å². The summed E-state index contributed by atoms with van der Waals surface area (Å²) >= 11 is 0. The molecule has 1 rings (SSSR count). The Balaban J connectivity index is 2.70. The normalized spacial score (nSPS) is 11.8. The quantitative estimate of drug-likeness (QED) is 0.328. The van der Waals surface area contributed by atoms with E-state index in [2.05, 4.69) is 10.1 Å². The van der Waals surface area contributed by atoms with Crippen LogP contribution in [0.25, 0.3) is 0 Å². The van der Waals surface area contributed by atoms with E-state index >= 15 is 0 Å². The van der Waals surface area contributed by atoms with Gasteiger partial charge in [0.05, 0.1) is 12.7 Å².